The van der Waals surface area contributed by atoms with Gasteiger partial charge in [0.1, 0.15) is 0 Å². The molecule has 2 heterocycles. The van der Waals surface area contributed by atoms with Gasteiger partial charge < -0.3 is 10.6 Å². The average Bonchev–Trinajstić information content (AvgIpc) is 2.59. The molecule has 3 N–H and O–H groups in total. The number of benzene rings is 1. The van der Waals surface area contributed by atoms with Gasteiger partial charge in [-0.2, -0.15) is 5.10 Å². The SMILES string of the molecule is C1=CC2=C(CC1=NNc1cccnc1)Nc1ccccc1N2. The Morgan fingerprint density at radius 3 is 2.68 bits per heavy atom. The van der Waals surface area contributed by atoms with Crippen LogP contribution in [0.3, 0.4) is 0 Å². The van der Waals surface area contributed by atoms with Gasteiger partial charge in [0.25, 0.3) is 0 Å². The molecule has 0 saturated heterocycles. The molecular weight excluding hydrogens is 274 g/mol. The maximum atomic E-state index is 4.44. The standard InChI is InChI=1S/C17H15N5/c1-2-6-15-14(5-1)19-16-8-7-12(10-17(16)20-15)21-22-13-4-3-9-18-11-13/h1-9,11,19-20,22H,10H2. The molecule has 5 nitrogen and oxygen atoms in total. The van der Waals surface area contributed by atoms with E-state index in [2.05, 4.69) is 38.3 Å². The minimum absolute atomic E-state index is 0.750. The number of para-hydroxylation sites is 2. The first-order chi connectivity index (χ1) is 10.9. The quantitative estimate of drug-likeness (QED) is 0.740. The normalized spacial score (nSPS) is 17.4. The highest BCUT2D eigenvalue weighted by atomic mass is 15.3. The van der Waals surface area contributed by atoms with Crippen molar-refractivity contribution in [2.75, 3.05) is 16.1 Å². The third-order valence-electron chi connectivity index (χ3n) is 3.60. The lowest BCUT2D eigenvalue weighted by atomic mass is 10.0. The number of nitrogens with one attached hydrogen (secondary N) is 3. The maximum Gasteiger partial charge on any atom is 0.0745 e. The van der Waals surface area contributed by atoms with Crippen LogP contribution in [0.4, 0.5) is 17.1 Å². The van der Waals surface area contributed by atoms with Gasteiger partial charge in [-0.1, -0.05) is 12.1 Å². The van der Waals surface area contributed by atoms with Crippen LogP contribution in [0.2, 0.25) is 0 Å². The molecule has 0 spiro atoms. The molecule has 0 bridgehead atoms. The lowest BCUT2D eigenvalue weighted by Gasteiger charge is -2.26. The van der Waals surface area contributed by atoms with Crippen molar-refractivity contribution in [3.05, 3.63) is 72.3 Å². The van der Waals surface area contributed by atoms with Crippen molar-refractivity contribution < 1.29 is 0 Å². The number of rotatable bonds is 2. The summed E-state index contributed by atoms with van der Waals surface area (Å²) in [5.41, 5.74) is 9.30. The topological polar surface area (TPSA) is 61.3 Å². The second-order valence-electron chi connectivity index (χ2n) is 5.15. The Morgan fingerprint density at radius 2 is 1.86 bits per heavy atom. The van der Waals surface area contributed by atoms with E-state index < -0.39 is 0 Å². The molecule has 1 aromatic heterocycles. The summed E-state index contributed by atoms with van der Waals surface area (Å²) in [6.07, 6.45) is 8.31. The van der Waals surface area contributed by atoms with E-state index in [1.165, 1.54) is 0 Å². The fraction of sp³-hybridized carbons (Fsp3) is 0.0588. The summed E-state index contributed by atoms with van der Waals surface area (Å²) in [6.45, 7) is 0. The van der Waals surface area contributed by atoms with Crippen LogP contribution in [0, 0.1) is 0 Å². The van der Waals surface area contributed by atoms with Crippen molar-refractivity contribution in [2.24, 2.45) is 5.10 Å². The summed E-state index contributed by atoms with van der Waals surface area (Å²) in [4.78, 5) is 4.06. The highest BCUT2D eigenvalue weighted by Gasteiger charge is 2.19. The third-order valence-corrected chi connectivity index (χ3v) is 3.60. The van der Waals surface area contributed by atoms with Crippen LogP contribution >= 0.6 is 0 Å². The minimum Gasteiger partial charge on any atom is -0.355 e. The number of fused-ring (bicyclic) bond motifs is 1. The molecule has 0 radical (unpaired) electrons. The van der Waals surface area contributed by atoms with Crippen LogP contribution in [-0.4, -0.2) is 10.7 Å². The summed E-state index contributed by atoms with van der Waals surface area (Å²) in [5.74, 6) is 0. The molecule has 0 saturated carbocycles. The van der Waals surface area contributed by atoms with Gasteiger partial charge >= 0.3 is 0 Å². The number of aromatic nitrogens is 1. The molecule has 0 amide bonds. The van der Waals surface area contributed by atoms with Crippen LogP contribution < -0.4 is 16.1 Å². The predicted molar refractivity (Wildman–Crippen MR) is 89.8 cm³/mol. The van der Waals surface area contributed by atoms with Crippen LogP contribution in [0.5, 0.6) is 0 Å². The van der Waals surface area contributed by atoms with Crippen LogP contribution in [0.25, 0.3) is 0 Å². The lowest BCUT2D eigenvalue weighted by molar-refractivity contribution is 1.15. The molecule has 108 valence electrons. The maximum absolute atomic E-state index is 4.44. The number of anilines is 3. The Balaban J connectivity index is 1.51. The molecule has 1 aromatic carbocycles. The molecule has 4 rings (SSSR count). The molecular formula is C17H15N5. The van der Waals surface area contributed by atoms with E-state index in [0.29, 0.717) is 0 Å². The highest BCUT2D eigenvalue weighted by molar-refractivity contribution is 6.00. The summed E-state index contributed by atoms with van der Waals surface area (Å²) in [7, 11) is 0. The van der Waals surface area contributed by atoms with E-state index in [1.807, 2.05) is 36.4 Å². The number of nitrogens with zero attached hydrogens (tertiary/aromatic N) is 2. The van der Waals surface area contributed by atoms with Gasteiger partial charge in [0.15, 0.2) is 0 Å². The molecule has 22 heavy (non-hydrogen) atoms. The highest BCUT2D eigenvalue weighted by Crippen LogP contribution is 2.32. The van der Waals surface area contributed by atoms with Gasteiger partial charge in [-0.05, 0) is 36.4 Å². The molecule has 2 aromatic rings. The first-order valence-electron chi connectivity index (χ1n) is 7.15. The van der Waals surface area contributed by atoms with Gasteiger partial charge in [0, 0.05) is 18.3 Å². The lowest BCUT2D eigenvalue weighted by Crippen LogP contribution is -2.20. The number of allylic oxidation sites excluding steroid dienone is 3. The second-order valence-corrected chi connectivity index (χ2v) is 5.15. The van der Waals surface area contributed by atoms with E-state index in [4.69, 9.17) is 0 Å². The van der Waals surface area contributed by atoms with Crippen LogP contribution in [0.15, 0.2) is 77.4 Å². The summed E-state index contributed by atoms with van der Waals surface area (Å²) in [5, 5.41) is 11.3. The molecule has 0 unspecified atom stereocenters. The monoisotopic (exact) mass is 289 g/mol. The third kappa shape index (κ3) is 2.44. The molecule has 5 heteroatoms. The second kappa shape index (κ2) is 5.37. The fourth-order valence-corrected chi connectivity index (χ4v) is 2.49. The first-order valence-corrected chi connectivity index (χ1v) is 7.15. The summed E-state index contributed by atoms with van der Waals surface area (Å²) in [6, 6.07) is 12.0. The van der Waals surface area contributed by atoms with E-state index in [9.17, 15) is 0 Å². The van der Waals surface area contributed by atoms with Gasteiger partial charge in [0.2, 0.25) is 0 Å². The Kier molecular flexibility index (Phi) is 3.08. The smallest absolute Gasteiger partial charge is 0.0745 e. The number of pyridine rings is 1. The van der Waals surface area contributed by atoms with Gasteiger partial charge in [-0.15, -0.1) is 0 Å². The molecule has 0 atom stereocenters. The number of hydrazone groups is 1. The van der Waals surface area contributed by atoms with Crippen molar-refractivity contribution in [1.29, 1.82) is 0 Å². The van der Waals surface area contributed by atoms with Gasteiger partial charge in [-0.25, -0.2) is 0 Å². The zero-order chi connectivity index (χ0) is 14.8. The fourth-order valence-electron chi connectivity index (χ4n) is 2.49. The molecule has 1 aliphatic heterocycles. The molecule has 2 aliphatic rings. The molecule has 1 aliphatic carbocycles. The van der Waals surface area contributed by atoms with Gasteiger partial charge in [0.05, 0.1) is 34.7 Å². The number of hydrogen-bond acceptors (Lipinski definition) is 5. The van der Waals surface area contributed by atoms with Crippen molar-refractivity contribution in [3.8, 4) is 0 Å². The number of hydrogen-bond donors (Lipinski definition) is 3. The zero-order valence-corrected chi connectivity index (χ0v) is 11.9. The largest absolute Gasteiger partial charge is 0.355 e. The minimum atomic E-state index is 0.750. The van der Waals surface area contributed by atoms with Gasteiger partial charge in [-0.3, -0.25) is 10.4 Å². The zero-order valence-electron chi connectivity index (χ0n) is 11.9. The average molecular weight is 289 g/mol. The Bertz CT molecular complexity index is 790. The van der Waals surface area contributed by atoms with E-state index >= 15 is 0 Å². The van der Waals surface area contributed by atoms with E-state index in [1.54, 1.807) is 12.4 Å². The molecule has 0 fully saturated rings. The van der Waals surface area contributed by atoms with Crippen molar-refractivity contribution in [2.45, 2.75) is 6.42 Å². The van der Waals surface area contributed by atoms with E-state index in [0.717, 1.165) is 40.6 Å². The van der Waals surface area contributed by atoms with E-state index in [-0.39, 0.29) is 0 Å². The summed E-state index contributed by atoms with van der Waals surface area (Å²) >= 11 is 0. The van der Waals surface area contributed by atoms with Crippen LogP contribution in [-0.2, 0) is 0 Å². The Hall–Kier alpha value is -3.08. The van der Waals surface area contributed by atoms with Crippen LogP contribution in [0.1, 0.15) is 6.42 Å². The van der Waals surface area contributed by atoms with Crippen molar-refractivity contribution in [1.82, 2.24) is 4.98 Å². The first kappa shape index (κ1) is 12.6. The van der Waals surface area contributed by atoms with Crippen molar-refractivity contribution in [3.63, 3.8) is 0 Å². The van der Waals surface area contributed by atoms with Crippen molar-refractivity contribution >= 4 is 22.8 Å². The Labute approximate surface area is 128 Å². The summed E-state index contributed by atoms with van der Waals surface area (Å²) < 4.78 is 0. The Morgan fingerprint density at radius 1 is 1.00 bits per heavy atom. The predicted octanol–water partition coefficient (Wildman–Crippen LogP) is 3.56.